The van der Waals surface area contributed by atoms with Gasteiger partial charge in [-0.3, -0.25) is 4.72 Å². The van der Waals surface area contributed by atoms with Crippen LogP contribution in [0.25, 0.3) is 0 Å². The molecular weight excluding hydrogens is 428 g/mol. The second kappa shape index (κ2) is 9.93. The van der Waals surface area contributed by atoms with Crippen molar-refractivity contribution in [2.45, 2.75) is 76.6 Å². The summed E-state index contributed by atoms with van der Waals surface area (Å²) in [5.41, 5.74) is 3.28. The van der Waals surface area contributed by atoms with E-state index in [1.54, 1.807) is 13.8 Å². The van der Waals surface area contributed by atoms with Crippen LogP contribution < -0.4 is 10.0 Å². The van der Waals surface area contributed by atoms with E-state index < -0.39 is 15.3 Å². The second-order valence-corrected chi connectivity index (χ2v) is 12.1. The summed E-state index contributed by atoms with van der Waals surface area (Å²) in [6, 6.07) is 16.4. The molecule has 0 saturated heterocycles. The third kappa shape index (κ3) is 5.82. The van der Waals surface area contributed by atoms with Gasteiger partial charge in [0.1, 0.15) is 0 Å². The molecule has 1 atom stereocenters. The number of anilines is 1. The van der Waals surface area contributed by atoms with Crippen molar-refractivity contribution in [1.29, 1.82) is 0 Å². The van der Waals surface area contributed by atoms with Gasteiger partial charge in [-0.1, -0.05) is 56.1 Å². The van der Waals surface area contributed by atoms with Crippen LogP contribution in [0.15, 0.2) is 48.5 Å². The molecule has 0 bridgehead atoms. The summed E-state index contributed by atoms with van der Waals surface area (Å²) >= 11 is 6.14. The molecule has 1 fully saturated rings. The largest absolute Gasteiger partial charge is 0.309 e. The highest BCUT2D eigenvalue weighted by atomic mass is 35.5. The van der Waals surface area contributed by atoms with Gasteiger partial charge in [-0.15, -0.1) is 0 Å². The van der Waals surface area contributed by atoms with Crippen molar-refractivity contribution in [3.63, 3.8) is 0 Å². The second-order valence-electron chi connectivity index (χ2n) is 9.47. The fourth-order valence-corrected chi connectivity index (χ4v) is 5.19. The van der Waals surface area contributed by atoms with Crippen molar-refractivity contribution in [3.05, 3.63) is 64.7 Å². The number of rotatable bonds is 10. The Morgan fingerprint density at radius 3 is 2.06 bits per heavy atom. The lowest BCUT2D eigenvalue weighted by Gasteiger charge is -2.49. The van der Waals surface area contributed by atoms with E-state index in [-0.39, 0.29) is 5.41 Å². The minimum absolute atomic E-state index is 0.154. The third-order valence-electron chi connectivity index (χ3n) is 6.43. The zero-order valence-corrected chi connectivity index (χ0v) is 20.6. The number of nitrogens with one attached hydrogen (secondary N) is 2. The zero-order chi connectivity index (χ0) is 22.6. The molecule has 0 aromatic heterocycles. The van der Waals surface area contributed by atoms with Crippen molar-refractivity contribution in [1.82, 2.24) is 5.32 Å². The Morgan fingerprint density at radius 2 is 1.58 bits per heavy atom. The van der Waals surface area contributed by atoms with E-state index >= 15 is 0 Å². The predicted octanol–water partition coefficient (Wildman–Crippen LogP) is 6.12. The average Bonchev–Trinajstić information content (AvgIpc) is 2.67. The van der Waals surface area contributed by atoms with Crippen LogP contribution in [0.3, 0.4) is 0 Å². The summed E-state index contributed by atoms with van der Waals surface area (Å²) in [5, 5.41) is 4.15. The van der Waals surface area contributed by atoms with Crippen molar-refractivity contribution in [2.75, 3.05) is 4.72 Å². The fourth-order valence-electron chi connectivity index (χ4n) is 4.37. The standard InChI is InChI=1S/C25H35ClN2O2S/c1-18(2)16-24(25(14-5-15-25)21-8-10-22(26)11-9-21)27-17-20-6-12-23(13-7-20)28-31(29,30)19(3)4/h6-13,18-19,24,27-28H,5,14-17H2,1-4H3. The topological polar surface area (TPSA) is 58.2 Å². The number of hydrogen-bond acceptors (Lipinski definition) is 3. The summed E-state index contributed by atoms with van der Waals surface area (Å²) in [4.78, 5) is 0. The van der Waals surface area contributed by atoms with Gasteiger partial charge in [-0.2, -0.15) is 0 Å². The molecule has 2 aromatic rings. The summed E-state index contributed by atoms with van der Waals surface area (Å²) < 4.78 is 26.8. The highest BCUT2D eigenvalue weighted by molar-refractivity contribution is 7.93. The van der Waals surface area contributed by atoms with Gasteiger partial charge < -0.3 is 5.32 Å². The van der Waals surface area contributed by atoms with Gasteiger partial charge in [0.25, 0.3) is 0 Å². The number of hydrogen-bond donors (Lipinski definition) is 2. The Hall–Kier alpha value is -1.56. The molecule has 0 amide bonds. The van der Waals surface area contributed by atoms with Gasteiger partial charge in [0.2, 0.25) is 10.0 Å². The molecule has 1 aliphatic rings. The molecule has 1 unspecified atom stereocenters. The van der Waals surface area contributed by atoms with Crippen LogP contribution in [0.1, 0.15) is 64.5 Å². The monoisotopic (exact) mass is 462 g/mol. The van der Waals surface area contributed by atoms with Gasteiger partial charge >= 0.3 is 0 Å². The molecule has 0 heterocycles. The first kappa shape index (κ1) is 24.1. The van der Waals surface area contributed by atoms with Gasteiger partial charge in [0.15, 0.2) is 0 Å². The molecular formula is C25H35ClN2O2S. The van der Waals surface area contributed by atoms with E-state index in [4.69, 9.17) is 11.6 Å². The first-order valence-electron chi connectivity index (χ1n) is 11.2. The Kier molecular flexibility index (Phi) is 7.72. The molecule has 1 saturated carbocycles. The Bertz CT molecular complexity index is 950. The molecule has 0 aliphatic heterocycles. The minimum Gasteiger partial charge on any atom is -0.309 e. The van der Waals surface area contributed by atoms with Crippen molar-refractivity contribution in [3.8, 4) is 0 Å². The minimum atomic E-state index is -3.33. The van der Waals surface area contributed by atoms with Gasteiger partial charge in [-0.25, -0.2) is 8.42 Å². The molecule has 6 heteroatoms. The first-order valence-corrected chi connectivity index (χ1v) is 13.1. The smallest absolute Gasteiger partial charge is 0.235 e. The summed E-state index contributed by atoms with van der Waals surface area (Å²) in [6.45, 7) is 8.65. The normalized spacial score (nSPS) is 16.9. The predicted molar refractivity (Wildman–Crippen MR) is 131 cm³/mol. The average molecular weight is 463 g/mol. The molecule has 2 N–H and O–H groups in total. The van der Waals surface area contributed by atoms with Crippen molar-refractivity contribution in [2.24, 2.45) is 5.92 Å². The highest BCUT2D eigenvalue weighted by Gasteiger charge is 2.45. The van der Waals surface area contributed by atoms with Crippen molar-refractivity contribution < 1.29 is 8.42 Å². The molecule has 3 rings (SSSR count). The fraction of sp³-hybridized carbons (Fsp3) is 0.520. The summed E-state index contributed by atoms with van der Waals surface area (Å²) in [7, 11) is -3.33. The third-order valence-corrected chi connectivity index (χ3v) is 8.44. The van der Waals surface area contributed by atoms with E-state index in [2.05, 4.69) is 36.0 Å². The maximum Gasteiger partial charge on any atom is 0.235 e. The van der Waals surface area contributed by atoms with Gasteiger partial charge in [0.05, 0.1) is 5.25 Å². The van der Waals surface area contributed by atoms with Crippen LogP contribution >= 0.6 is 11.6 Å². The summed E-state index contributed by atoms with van der Waals surface area (Å²) in [5.74, 6) is 0.593. The first-order chi connectivity index (χ1) is 14.6. The number of benzene rings is 2. The number of halogens is 1. The van der Waals surface area contributed by atoms with E-state index in [0.717, 1.165) is 23.6 Å². The Labute approximate surface area is 192 Å². The van der Waals surface area contributed by atoms with E-state index in [9.17, 15) is 8.42 Å². The Balaban J connectivity index is 1.72. The number of sulfonamides is 1. The van der Waals surface area contributed by atoms with Gasteiger partial charge in [-0.05, 0) is 74.4 Å². The maximum absolute atomic E-state index is 12.1. The molecule has 31 heavy (non-hydrogen) atoms. The van der Waals surface area contributed by atoms with Gasteiger partial charge in [0, 0.05) is 28.7 Å². The quantitative estimate of drug-likeness (QED) is 0.447. The molecule has 1 aliphatic carbocycles. The van der Waals surface area contributed by atoms with Crippen molar-refractivity contribution >= 4 is 27.3 Å². The van der Waals surface area contributed by atoms with Crippen LogP contribution in [0.5, 0.6) is 0 Å². The van der Waals surface area contributed by atoms with E-state index in [1.165, 1.54) is 24.8 Å². The molecule has 0 radical (unpaired) electrons. The zero-order valence-electron chi connectivity index (χ0n) is 19.0. The molecule has 4 nitrogen and oxygen atoms in total. The SMILES string of the molecule is CC(C)CC(NCc1ccc(NS(=O)(=O)C(C)C)cc1)C1(c2ccc(Cl)cc2)CCC1. The van der Waals surface area contributed by atoms with E-state index in [0.29, 0.717) is 17.6 Å². The lowest BCUT2D eigenvalue weighted by molar-refractivity contribution is 0.150. The molecule has 170 valence electrons. The molecule has 0 spiro atoms. The lowest BCUT2D eigenvalue weighted by atomic mass is 9.59. The Morgan fingerprint density at radius 1 is 0.968 bits per heavy atom. The maximum atomic E-state index is 12.1. The van der Waals surface area contributed by atoms with Crippen LogP contribution in [0.4, 0.5) is 5.69 Å². The summed E-state index contributed by atoms with van der Waals surface area (Å²) in [6.07, 6.45) is 4.74. The van der Waals surface area contributed by atoms with E-state index in [1.807, 2.05) is 36.4 Å². The molecule has 2 aromatic carbocycles. The highest BCUT2D eigenvalue weighted by Crippen LogP contribution is 2.48. The lowest BCUT2D eigenvalue weighted by Crippen LogP contribution is -2.53. The van der Waals surface area contributed by atoms with Crippen LogP contribution in [-0.4, -0.2) is 19.7 Å². The van der Waals surface area contributed by atoms with Crippen LogP contribution in [0.2, 0.25) is 5.02 Å². The van der Waals surface area contributed by atoms with Crippen LogP contribution in [-0.2, 0) is 22.0 Å². The van der Waals surface area contributed by atoms with Crippen LogP contribution in [0, 0.1) is 5.92 Å².